The number of aromatic nitrogens is 2. The van der Waals surface area contributed by atoms with Gasteiger partial charge < -0.3 is 14.2 Å². The van der Waals surface area contributed by atoms with Gasteiger partial charge in [-0.15, -0.1) is 0 Å². The Morgan fingerprint density at radius 2 is 1.92 bits per heavy atom. The van der Waals surface area contributed by atoms with E-state index in [1.54, 1.807) is 12.3 Å². The molecule has 3 aromatic rings. The van der Waals surface area contributed by atoms with Crippen molar-refractivity contribution in [3.05, 3.63) is 53.6 Å². The highest BCUT2D eigenvalue weighted by Crippen LogP contribution is 2.23. The fourth-order valence-electron chi connectivity index (χ4n) is 2.95. The number of piperazine rings is 1. The van der Waals surface area contributed by atoms with Crippen LogP contribution in [0.4, 0.5) is 5.82 Å². The number of rotatable bonds is 2. The van der Waals surface area contributed by atoms with Crippen LogP contribution in [0.3, 0.4) is 0 Å². The van der Waals surface area contributed by atoms with E-state index in [2.05, 4.69) is 14.9 Å². The van der Waals surface area contributed by atoms with Crippen LogP contribution in [0.2, 0.25) is 5.15 Å². The normalized spacial score (nSPS) is 15.0. The summed E-state index contributed by atoms with van der Waals surface area (Å²) in [5.74, 6) is 0.788. The molecule has 0 spiro atoms. The van der Waals surface area contributed by atoms with E-state index in [0.717, 1.165) is 16.8 Å². The first-order chi connectivity index (χ1) is 11.7. The van der Waals surface area contributed by atoms with Gasteiger partial charge in [0.25, 0.3) is 5.91 Å². The van der Waals surface area contributed by atoms with Crippen molar-refractivity contribution < 1.29 is 9.21 Å². The first-order valence-electron chi connectivity index (χ1n) is 7.70. The topological polar surface area (TPSA) is 62.5 Å². The van der Waals surface area contributed by atoms with Crippen LogP contribution in [-0.2, 0) is 0 Å². The maximum Gasteiger partial charge on any atom is 0.257 e. The molecule has 1 saturated heterocycles. The van der Waals surface area contributed by atoms with Crippen LogP contribution in [0.5, 0.6) is 0 Å². The average Bonchev–Trinajstić information content (AvgIpc) is 3.05. The SMILES string of the molecule is O=C(c1coc2ccccc12)N1CCN(c2cc(Cl)ncn2)CC1. The van der Waals surface area contributed by atoms with Crippen LogP contribution in [0.1, 0.15) is 10.4 Å². The van der Waals surface area contributed by atoms with E-state index in [0.29, 0.717) is 36.9 Å². The van der Waals surface area contributed by atoms with Crippen molar-refractivity contribution >= 4 is 34.3 Å². The molecule has 24 heavy (non-hydrogen) atoms. The minimum atomic E-state index is 0.000296. The van der Waals surface area contributed by atoms with Crippen LogP contribution in [0.15, 0.2) is 47.3 Å². The number of amides is 1. The Balaban J connectivity index is 1.48. The van der Waals surface area contributed by atoms with Gasteiger partial charge in [0.1, 0.15) is 29.1 Å². The zero-order chi connectivity index (χ0) is 16.5. The van der Waals surface area contributed by atoms with Crippen molar-refractivity contribution in [1.29, 1.82) is 0 Å². The fraction of sp³-hybridized carbons (Fsp3) is 0.235. The molecule has 0 atom stereocenters. The number of fused-ring (bicyclic) bond motifs is 1. The number of carbonyl (C=O) groups is 1. The second kappa shape index (κ2) is 6.13. The molecule has 1 aromatic carbocycles. The van der Waals surface area contributed by atoms with Gasteiger partial charge in [-0.25, -0.2) is 9.97 Å². The van der Waals surface area contributed by atoms with E-state index in [4.69, 9.17) is 16.0 Å². The highest BCUT2D eigenvalue weighted by atomic mass is 35.5. The molecule has 6 nitrogen and oxygen atoms in total. The Morgan fingerprint density at radius 3 is 2.71 bits per heavy atom. The number of carbonyl (C=O) groups excluding carboxylic acids is 1. The number of nitrogens with zero attached hydrogens (tertiary/aromatic N) is 4. The molecule has 0 aliphatic carbocycles. The van der Waals surface area contributed by atoms with Crippen molar-refractivity contribution in [2.45, 2.75) is 0 Å². The van der Waals surface area contributed by atoms with Crippen molar-refractivity contribution in [2.24, 2.45) is 0 Å². The molecule has 0 saturated carbocycles. The third kappa shape index (κ3) is 2.69. The van der Waals surface area contributed by atoms with Gasteiger partial charge in [-0.05, 0) is 6.07 Å². The average molecular weight is 343 g/mol. The minimum absolute atomic E-state index is 0.000296. The van der Waals surface area contributed by atoms with Crippen LogP contribution in [-0.4, -0.2) is 47.0 Å². The Kier molecular flexibility index (Phi) is 3.82. The molecule has 2 aromatic heterocycles. The standard InChI is InChI=1S/C17H15ClN4O2/c18-15-9-16(20-11-19-15)21-5-7-22(8-6-21)17(23)13-10-24-14-4-2-1-3-12(13)14/h1-4,9-11H,5-8H2. The monoisotopic (exact) mass is 342 g/mol. The van der Waals surface area contributed by atoms with E-state index in [1.807, 2.05) is 29.2 Å². The number of furan rings is 1. The summed E-state index contributed by atoms with van der Waals surface area (Å²) in [5, 5.41) is 1.27. The zero-order valence-corrected chi connectivity index (χ0v) is 13.6. The molecule has 0 unspecified atom stereocenters. The van der Waals surface area contributed by atoms with Crippen molar-refractivity contribution in [1.82, 2.24) is 14.9 Å². The lowest BCUT2D eigenvalue weighted by Crippen LogP contribution is -2.49. The van der Waals surface area contributed by atoms with Gasteiger partial charge in [-0.3, -0.25) is 4.79 Å². The lowest BCUT2D eigenvalue weighted by atomic mass is 10.1. The number of para-hydroxylation sites is 1. The van der Waals surface area contributed by atoms with E-state index in [9.17, 15) is 4.79 Å². The molecule has 122 valence electrons. The van der Waals surface area contributed by atoms with Gasteiger partial charge in [-0.1, -0.05) is 29.8 Å². The summed E-state index contributed by atoms with van der Waals surface area (Å²) >= 11 is 5.91. The van der Waals surface area contributed by atoms with E-state index in [-0.39, 0.29) is 5.91 Å². The van der Waals surface area contributed by atoms with Crippen LogP contribution in [0, 0.1) is 0 Å². The molecule has 1 aliphatic rings. The highest BCUT2D eigenvalue weighted by Gasteiger charge is 2.25. The summed E-state index contributed by atoms with van der Waals surface area (Å²) in [6.45, 7) is 2.66. The zero-order valence-electron chi connectivity index (χ0n) is 12.9. The lowest BCUT2D eigenvalue weighted by molar-refractivity contribution is 0.0747. The molecule has 1 aliphatic heterocycles. The molecule has 3 heterocycles. The number of benzene rings is 1. The third-order valence-electron chi connectivity index (χ3n) is 4.22. The lowest BCUT2D eigenvalue weighted by Gasteiger charge is -2.35. The molecule has 4 rings (SSSR count). The Labute approximate surface area is 143 Å². The molecule has 7 heteroatoms. The van der Waals surface area contributed by atoms with Gasteiger partial charge in [0.2, 0.25) is 0 Å². The predicted octanol–water partition coefficient (Wildman–Crippen LogP) is 2.84. The van der Waals surface area contributed by atoms with Crippen molar-refractivity contribution in [2.75, 3.05) is 31.1 Å². The number of anilines is 1. The summed E-state index contributed by atoms with van der Waals surface area (Å²) in [7, 11) is 0. The number of hydrogen-bond acceptors (Lipinski definition) is 5. The summed E-state index contributed by atoms with van der Waals surface area (Å²) in [6.07, 6.45) is 3.00. The fourth-order valence-corrected chi connectivity index (χ4v) is 3.09. The maximum atomic E-state index is 12.8. The van der Waals surface area contributed by atoms with Crippen LogP contribution in [0.25, 0.3) is 11.0 Å². The summed E-state index contributed by atoms with van der Waals surface area (Å²) < 4.78 is 5.48. The number of halogens is 1. The highest BCUT2D eigenvalue weighted by molar-refractivity contribution is 6.29. The molecular formula is C17H15ClN4O2. The first kappa shape index (κ1) is 15.0. The Morgan fingerprint density at radius 1 is 1.12 bits per heavy atom. The Bertz CT molecular complexity index is 887. The van der Waals surface area contributed by atoms with E-state index < -0.39 is 0 Å². The summed E-state index contributed by atoms with van der Waals surface area (Å²) in [6, 6.07) is 9.31. The Hall–Kier alpha value is -2.60. The predicted molar refractivity (Wildman–Crippen MR) is 91.4 cm³/mol. The molecule has 1 amide bonds. The smallest absolute Gasteiger partial charge is 0.257 e. The molecule has 1 fully saturated rings. The first-order valence-corrected chi connectivity index (χ1v) is 8.08. The second-order valence-corrected chi connectivity index (χ2v) is 6.01. The largest absolute Gasteiger partial charge is 0.463 e. The third-order valence-corrected chi connectivity index (χ3v) is 4.43. The molecule has 0 radical (unpaired) electrons. The van der Waals surface area contributed by atoms with Gasteiger partial charge >= 0.3 is 0 Å². The maximum absolute atomic E-state index is 12.8. The van der Waals surface area contributed by atoms with Gasteiger partial charge in [0.15, 0.2) is 0 Å². The summed E-state index contributed by atoms with van der Waals surface area (Å²) in [4.78, 5) is 24.8. The molecule has 0 bridgehead atoms. The molecular weight excluding hydrogens is 328 g/mol. The van der Waals surface area contributed by atoms with Crippen LogP contribution >= 0.6 is 11.6 Å². The van der Waals surface area contributed by atoms with E-state index >= 15 is 0 Å². The van der Waals surface area contributed by atoms with Gasteiger partial charge in [0.05, 0.1) is 5.56 Å². The van der Waals surface area contributed by atoms with Gasteiger partial charge in [-0.2, -0.15) is 0 Å². The van der Waals surface area contributed by atoms with Gasteiger partial charge in [0, 0.05) is 37.6 Å². The summed E-state index contributed by atoms with van der Waals surface area (Å²) in [5.41, 5.74) is 1.35. The van der Waals surface area contributed by atoms with E-state index in [1.165, 1.54) is 6.33 Å². The molecule has 0 N–H and O–H groups in total. The van der Waals surface area contributed by atoms with Crippen LogP contribution < -0.4 is 4.90 Å². The number of hydrogen-bond donors (Lipinski definition) is 0. The minimum Gasteiger partial charge on any atom is -0.463 e. The van der Waals surface area contributed by atoms with Crippen molar-refractivity contribution in [3.63, 3.8) is 0 Å². The van der Waals surface area contributed by atoms with Crippen molar-refractivity contribution in [3.8, 4) is 0 Å². The quantitative estimate of drug-likeness (QED) is 0.670. The second-order valence-electron chi connectivity index (χ2n) is 5.62.